The molecule has 266 valence electrons. The molecular formula is C54H34N2O. The molecule has 3 heterocycles. The Hall–Kier alpha value is -7.62. The third-order valence-corrected chi connectivity index (χ3v) is 11.7. The molecule has 57 heavy (non-hydrogen) atoms. The van der Waals surface area contributed by atoms with Gasteiger partial charge in [-0.05, 0) is 94.0 Å². The van der Waals surface area contributed by atoms with E-state index in [9.17, 15) is 0 Å². The Morgan fingerprint density at radius 1 is 0.281 bits per heavy atom. The van der Waals surface area contributed by atoms with Crippen molar-refractivity contribution < 1.29 is 4.42 Å². The summed E-state index contributed by atoms with van der Waals surface area (Å²) in [4.78, 5) is 0. The lowest BCUT2D eigenvalue weighted by Gasteiger charge is -2.13. The van der Waals surface area contributed by atoms with Crippen molar-refractivity contribution in [1.29, 1.82) is 0 Å². The largest absolute Gasteiger partial charge is 0.454 e. The second kappa shape index (κ2) is 12.5. The molecule has 3 aromatic heterocycles. The highest BCUT2D eigenvalue weighted by molar-refractivity contribution is 6.15. The van der Waals surface area contributed by atoms with Gasteiger partial charge in [-0.15, -0.1) is 0 Å². The Morgan fingerprint density at radius 2 is 0.789 bits per heavy atom. The zero-order valence-electron chi connectivity index (χ0n) is 30.9. The quantitative estimate of drug-likeness (QED) is 0.173. The van der Waals surface area contributed by atoms with Gasteiger partial charge >= 0.3 is 0 Å². The van der Waals surface area contributed by atoms with Crippen molar-refractivity contribution in [1.82, 2.24) is 9.13 Å². The van der Waals surface area contributed by atoms with E-state index in [4.69, 9.17) is 4.42 Å². The number of nitrogens with zero attached hydrogens (tertiary/aromatic N) is 2. The van der Waals surface area contributed by atoms with Gasteiger partial charge in [0, 0.05) is 38.0 Å². The van der Waals surface area contributed by atoms with Gasteiger partial charge in [0.2, 0.25) is 0 Å². The summed E-state index contributed by atoms with van der Waals surface area (Å²) in [6.45, 7) is 0. The summed E-state index contributed by atoms with van der Waals surface area (Å²) in [5.41, 5.74) is 15.7. The lowest BCUT2D eigenvalue weighted by Crippen LogP contribution is -1.96. The van der Waals surface area contributed by atoms with Crippen LogP contribution in [0.15, 0.2) is 211 Å². The van der Waals surface area contributed by atoms with Crippen LogP contribution in [0.5, 0.6) is 0 Å². The molecule has 0 aliphatic heterocycles. The normalized spacial score (nSPS) is 11.9. The molecule has 0 amide bonds. The number of benzene rings is 9. The summed E-state index contributed by atoms with van der Waals surface area (Å²) in [6, 6.07) is 74.4. The number of hydrogen-bond acceptors (Lipinski definition) is 1. The minimum Gasteiger partial charge on any atom is -0.454 e. The molecule has 0 aliphatic carbocycles. The monoisotopic (exact) mass is 726 g/mol. The predicted octanol–water partition coefficient (Wildman–Crippen LogP) is 14.8. The fourth-order valence-corrected chi connectivity index (χ4v) is 9.04. The van der Waals surface area contributed by atoms with E-state index in [0.29, 0.717) is 0 Å². The Labute approximate surface area is 328 Å². The van der Waals surface area contributed by atoms with Crippen LogP contribution in [0.3, 0.4) is 0 Å². The summed E-state index contributed by atoms with van der Waals surface area (Å²) in [7, 11) is 0. The van der Waals surface area contributed by atoms with Gasteiger partial charge in [-0.2, -0.15) is 0 Å². The lowest BCUT2D eigenvalue weighted by atomic mass is 9.98. The van der Waals surface area contributed by atoms with Crippen molar-refractivity contribution in [3.05, 3.63) is 206 Å². The summed E-state index contributed by atoms with van der Waals surface area (Å²) in [5.74, 6) is 0. The average Bonchev–Trinajstić information content (AvgIpc) is 3.94. The maximum absolute atomic E-state index is 6.79. The zero-order valence-corrected chi connectivity index (χ0v) is 30.9. The molecule has 12 rings (SSSR count). The minimum atomic E-state index is 0.879. The fraction of sp³-hybridized carbons (Fsp3) is 0. The highest BCUT2D eigenvalue weighted by Crippen LogP contribution is 2.42. The molecule has 0 saturated carbocycles. The number of aromatic nitrogens is 2. The second-order valence-corrected chi connectivity index (χ2v) is 14.9. The molecule has 3 nitrogen and oxygen atoms in total. The van der Waals surface area contributed by atoms with Gasteiger partial charge in [-0.3, -0.25) is 0 Å². The first-order valence-corrected chi connectivity index (χ1v) is 19.5. The standard InChI is InChI=1S/C54H34N2O/c1-3-13-35(14-4-1)36-23-25-37(26-24-36)40-32-47-45-19-9-12-22-53(45)57-54(47)52(34-40)56-49-21-11-7-17-42(49)44-29-27-39(33-51(44)56)38-28-30-50-46(31-38)43-18-8-10-20-48(43)55(50)41-15-5-2-6-16-41/h1-34H. The highest BCUT2D eigenvalue weighted by Gasteiger charge is 2.21. The molecule has 0 atom stereocenters. The fourth-order valence-electron chi connectivity index (χ4n) is 9.04. The third-order valence-electron chi connectivity index (χ3n) is 11.7. The Kier molecular flexibility index (Phi) is 6.93. The number of rotatable bonds is 5. The molecule has 0 unspecified atom stereocenters. The van der Waals surface area contributed by atoms with E-state index >= 15 is 0 Å². The maximum atomic E-state index is 6.79. The van der Waals surface area contributed by atoms with Crippen LogP contribution in [0.25, 0.3) is 110 Å². The van der Waals surface area contributed by atoms with E-state index in [1.54, 1.807) is 0 Å². The van der Waals surface area contributed by atoms with Crippen molar-refractivity contribution >= 4 is 65.6 Å². The van der Waals surface area contributed by atoms with Crippen molar-refractivity contribution in [3.8, 4) is 44.8 Å². The number of furan rings is 1. The van der Waals surface area contributed by atoms with Gasteiger partial charge in [0.15, 0.2) is 5.58 Å². The number of fused-ring (bicyclic) bond motifs is 9. The molecule has 3 heteroatoms. The molecule has 0 radical (unpaired) electrons. The van der Waals surface area contributed by atoms with Crippen molar-refractivity contribution in [2.75, 3.05) is 0 Å². The SMILES string of the molecule is c1ccc(-c2ccc(-c3cc(-n4c5ccccc5c5ccc(-c6ccc7c(c6)c6ccccc6n7-c6ccccc6)cc54)c4oc5ccccc5c4c3)cc2)cc1. The molecule has 12 aromatic rings. The van der Waals surface area contributed by atoms with Crippen LogP contribution in [-0.2, 0) is 0 Å². The van der Waals surface area contributed by atoms with Gasteiger partial charge in [0.25, 0.3) is 0 Å². The molecule has 0 saturated heterocycles. The van der Waals surface area contributed by atoms with Gasteiger partial charge in [0.1, 0.15) is 5.58 Å². The first-order chi connectivity index (χ1) is 28.3. The van der Waals surface area contributed by atoms with E-state index in [0.717, 1.165) is 55.5 Å². The first-order valence-electron chi connectivity index (χ1n) is 19.5. The van der Waals surface area contributed by atoms with Crippen LogP contribution >= 0.6 is 0 Å². The molecule has 0 N–H and O–H groups in total. The van der Waals surface area contributed by atoms with E-state index in [-0.39, 0.29) is 0 Å². The van der Waals surface area contributed by atoms with Crippen LogP contribution in [0.2, 0.25) is 0 Å². The van der Waals surface area contributed by atoms with Crippen molar-refractivity contribution in [2.45, 2.75) is 0 Å². The Bertz CT molecular complexity index is 3490. The van der Waals surface area contributed by atoms with E-state index in [2.05, 4.69) is 215 Å². The highest BCUT2D eigenvalue weighted by atomic mass is 16.3. The summed E-state index contributed by atoms with van der Waals surface area (Å²) in [6.07, 6.45) is 0. The minimum absolute atomic E-state index is 0.879. The second-order valence-electron chi connectivity index (χ2n) is 14.9. The van der Waals surface area contributed by atoms with Gasteiger partial charge < -0.3 is 13.6 Å². The van der Waals surface area contributed by atoms with Gasteiger partial charge in [-0.1, -0.05) is 146 Å². The summed E-state index contributed by atoms with van der Waals surface area (Å²) < 4.78 is 11.6. The molecular weight excluding hydrogens is 693 g/mol. The van der Waals surface area contributed by atoms with Crippen LogP contribution in [0, 0.1) is 0 Å². The topological polar surface area (TPSA) is 23.0 Å². The smallest absolute Gasteiger partial charge is 0.159 e. The van der Waals surface area contributed by atoms with Crippen LogP contribution in [-0.4, -0.2) is 9.13 Å². The Morgan fingerprint density at radius 3 is 1.56 bits per heavy atom. The Balaban J connectivity index is 1.09. The van der Waals surface area contributed by atoms with Gasteiger partial charge in [0.05, 0.1) is 27.8 Å². The zero-order chi connectivity index (χ0) is 37.5. The van der Waals surface area contributed by atoms with Crippen LogP contribution in [0.4, 0.5) is 0 Å². The summed E-state index contributed by atoms with van der Waals surface area (Å²) in [5, 5.41) is 7.12. The van der Waals surface area contributed by atoms with Crippen LogP contribution < -0.4 is 0 Å². The van der Waals surface area contributed by atoms with Crippen molar-refractivity contribution in [3.63, 3.8) is 0 Å². The molecule has 0 spiro atoms. The van der Waals surface area contributed by atoms with E-state index < -0.39 is 0 Å². The molecule has 0 aliphatic rings. The maximum Gasteiger partial charge on any atom is 0.159 e. The van der Waals surface area contributed by atoms with Crippen molar-refractivity contribution in [2.24, 2.45) is 0 Å². The average molecular weight is 727 g/mol. The number of para-hydroxylation sites is 4. The molecule has 0 fully saturated rings. The van der Waals surface area contributed by atoms with Crippen LogP contribution in [0.1, 0.15) is 0 Å². The van der Waals surface area contributed by atoms with E-state index in [1.165, 1.54) is 54.8 Å². The van der Waals surface area contributed by atoms with E-state index in [1.807, 2.05) is 0 Å². The molecule has 9 aromatic carbocycles. The predicted molar refractivity (Wildman–Crippen MR) is 239 cm³/mol. The van der Waals surface area contributed by atoms with Gasteiger partial charge in [-0.25, -0.2) is 0 Å². The molecule has 0 bridgehead atoms. The number of hydrogen-bond donors (Lipinski definition) is 0. The first kappa shape index (κ1) is 31.7. The summed E-state index contributed by atoms with van der Waals surface area (Å²) >= 11 is 0. The lowest BCUT2D eigenvalue weighted by molar-refractivity contribution is 0.666. The third kappa shape index (κ3) is 4.92.